The number of rotatable bonds is 3. The van der Waals surface area contributed by atoms with Gasteiger partial charge in [0.05, 0.1) is 19.9 Å². The number of ether oxygens (including phenoxy) is 2. The van der Waals surface area contributed by atoms with Crippen molar-refractivity contribution in [1.29, 1.82) is 0 Å². The van der Waals surface area contributed by atoms with E-state index in [1.165, 1.54) is 0 Å². The van der Waals surface area contributed by atoms with Gasteiger partial charge in [-0.3, -0.25) is 5.10 Å². The highest BCUT2D eigenvalue weighted by molar-refractivity contribution is 5.60. The zero-order valence-electron chi connectivity index (χ0n) is 8.52. The lowest BCUT2D eigenvalue weighted by Crippen LogP contribution is -1.94. The lowest BCUT2D eigenvalue weighted by atomic mass is 10.2. The predicted octanol–water partition coefficient (Wildman–Crippen LogP) is 1.49. The van der Waals surface area contributed by atoms with Crippen LogP contribution in [0, 0.1) is 0 Å². The smallest absolute Gasteiger partial charge is 0.256 e. The molecule has 0 aliphatic carbocycles. The molecular weight excluding hydrogens is 194 g/mol. The van der Waals surface area contributed by atoms with Gasteiger partial charge in [-0.25, -0.2) is 4.98 Å². The van der Waals surface area contributed by atoms with Gasteiger partial charge in [-0.2, -0.15) is 5.10 Å². The first-order valence-corrected chi connectivity index (χ1v) is 4.43. The SMILES string of the molecule is COc1cc(-c2ccn[nH]2)cnc1OC. The molecule has 0 radical (unpaired) electrons. The first kappa shape index (κ1) is 9.51. The second kappa shape index (κ2) is 4.00. The number of hydrogen-bond donors (Lipinski definition) is 1. The zero-order valence-corrected chi connectivity index (χ0v) is 8.52. The maximum Gasteiger partial charge on any atom is 0.256 e. The molecule has 0 aliphatic heterocycles. The monoisotopic (exact) mass is 205 g/mol. The Bertz CT molecular complexity index is 440. The minimum atomic E-state index is 0.473. The van der Waals surface area contributed by atoms with Gasteiger partial charge in [-0.1, -0.05) is 0 Å². The summed E-state index contributed by atoms with van der Waals surface area (Å²) in [5.74, 6) is 1.07. The second-order valence-corrected chi connectivity index (χ2v) is 2.91. The van der Waals surface area contributed by atoms with Crippen LogP contribution in [-0.2, 0) is 0 Å². The first-order chi connectivity index (χ1) is 7.35. The topological polar surface area (TPSA) is 60.0 Å². The third-order valence-corrected chi connectivity index (χ3v) is 2.04. The molecule has 15 heavy (non-hydrogen) atoms. The van der Waals surface area contributed by atoms with E-state index < -0.39 is 0 Å². The highest BCUT2D eigenvalue weighted by Gasteiger charge is 2.07. The van der Waals surface area contributed by atoms with Gasteiger partial charge < -0.3 is 9.47 Å². The lowest BCUT2D eigenvalue weighted by Gasteiger charge is -2.07. The van der Waals surface area contributed by atoms with Crippen molar-refractivity contribution in [3.8, 4) is 22.9 Å². The van der Waals surface area contributed by atoms with E-state index >= 15 is 0 Å². The van der Waals surface area contributed by atoms with Gasteiger partial charge in [0, 0.05) is 18.0 Å². The van der Waals surface area contributed by atoms with Crippen molar-refractivity contribution in [3.63, 3.8) is 0 Å². The summed E-state index contributed by atoms with van der Waals surface area (Å²) in [7, 11) is 3.14. The van der Waals surface area contributed by atoms with Gasteiger partial charge in [0.2, 0.25) is 0 Å². The Labute approximate surface area is 87.1 Å². The van der Waals surface area contributed by atoms with E-state index in [9.17, 15) is 0 Å². The molecule has 2 rings (SSSR count). The Morgan fingerprint density at radius 2 is 2.13 bits per heavy atom. The molecule has 0 unspecified atom stereocenters. The molecule has 2 heterocycles. The van der Waals surface area contributed by atoms with Crippen molar-refractivity contribution < 1.29 is 9.47 Å². The van der Waals surface area contributed by atoms with Crippen molar-refractivity contribution >= 4 is 0 Å². The molecule has 0 saturated heterocycles. The van der Waals surface area contributed by atoms with Crippen LogP contribution in [0.3, 0.4) is 0 Å². The standard InChI is InChI=1S/C10H11N3O2/c1-14-9-5-7(6-11-10(9)15-2)8-3-4-12-13-8/h3-6H,1-2H3,(H,12,13). The molecular formula is C10H11N3O2. The first-order valence-electron chi connectivity index (χ1n) is 4.43. The maximum atomic E-state index is 5.15. The number of H-pyrrole nitrogens is 1. The molecule has 5 nitrogen and oxygen atoms in total. The van der Waals surface area contributed by atoms with Crippen LogP contribution in [0.15, 0.2) is 24.5 Å². The fourth-order valence-corrected chi connectivity index (χ4v) is 1.30. The molecule has 5 heteroatoms. The third-order valence-electron chi connectivity index (χ3n) is 2.04. The summed E-state index contributed by atoms with van der Waals surface area (Å²) < 4.78 is 10.2. The summed E-state index contributed by atoms with van der Waals surface area (Å²) in [4.78, 5) is 4.13. The van der Waals surface area contributed by atoms with Crippen LogP contribution < -0.4 is 9.47 Å². The van der Waals surface area contributed by atoms with Gasteiger partial charge in [-0.15, -0.1) is 0 Å². The fourth-order valence-electron chi connectivity index (χ4n) is 1.30. The van der Waals surface area contributed by atoms with Crippen LogP contribution in [0.2, 0.25) is 0 Å². The number of nitrogens with zero attached hydrogens (tertiary/aromatic N) is 2. The Kier molecular flexibility index (Phi) is 2.53. The van der Waals surface area contributed by atoms with E-state index in [2.05, 4.69) is 15.2 Å². The maximum absolute atomic E-state index is 5.15. The number of nitrogens with one attached hydrogen (secondary N) is 1. The van der Waals surface area contributed by atoms with Gasteiger partial charge in [0.25, 0.3) is 5.88 Å². The quantitative estimate of drug-likeness (QED) is 0.824. The molecule has 2 aromatic rings. The molecule has 0 spiro atoms. The van der Waals surface area contributed by atoms with E-state index in [1.54, 1.807) is 26.6 Å². The average Bonchev–Trinajstić information content (AvgIpc) is 2.81. The van der Waals surface area contributed by atoms with Crippen LogP contribution in [0.5, 0.6) is 11.6 Å². The molecule has 0 atom stereocenters. The molecule has 1 N–H and O–H groups in total. The molecule has 2 aromatic heterocycles. The van der Waals surface area contributed by atoms with Gasteiger partial charge >= 0.3 is 0 Å². The number of aromatic nitrogens is 3. The van der Waals surface area contributed by atoms with Crippen LogP contribution >= 0.6 is 0 Å². The van der Waals surface area contributed by atoms with E-state index in [-0.39, 0.29) is 0 Å². The highest BCUT2D eigenvalue weighted by atomic mass is 16.5. The van der Waals surface area contributed by atoms with Crippen molar-refractivity contribution in [2.45, 2.75) is 0 Å². The summed E-state index contributed by atoms with van der Waals surface area (Å²) in [5, 5.41) is 6.73. The summed E-state index contributed by atoms with van der Waals surface area (Å²) >= 11 is 0. The van der Waals surface area contributed by atoms with Crippen LogP contribution in [0.25, 0.3) is 11.3 Å². The average molecular weight is 205 g/mol. The third kappa shape index (κ3) is 1.76. The van der Waals surface area contributed by atoms with Crippen molar-refractivity contribution in [1.82, 2.24) is 15.2 Å². The van der Waals surface area contributed by atoms with E-state index in [0.29, 0.717) is 11.6 Å². The summed E-state index contributed by atoms with van der Waals surface area (Å²) in [6.07, 6.45) is 3.39. The van der Waals surface area contributed by atoms with E-state index in [4.69, 9.17) is 9.47 Å². The molecule has 0 saturated carbocycles. The minimum absolute atomic E-state index is 0.473. The highest BCUT2D eigenvalue weighted by Crippen LogP contribution is 2.28. The molecule has 0 aromatic carbocycles. The molecule has 0 fully saturated rings. The largest absolute Gasteiger partial charge is 0.491 e. The minimum Gasteiger partial charge on any atom is -0.491 e. The molecule has 78 valence electrons. The summed E-state index contributed by atoms with van der Waals surface area (Å²) in [6.45, 7) is 0. The van der Waals surface area contributed by atoms with Crippen LogP contribution in [0.4, 0.5) is 0 Å². The Balaban J connectivity index is 2.43. The summed E-state index contributed by atoms with van der Waals surface area (Å²) in [5.41, 5.74) is 1.80. The Hall–Kier alpha value is -2.04. The predicted molar refractivity (Wildman–Crippen MR) is 54.9 cm³/mol. The summed E-state index contributed by atoms with van der Waals surface area (Å²) in [6, 6.07) is 3.71. The number of methoxy groups -OCH3 is 2. The van der Waals surface area contributed by atoms with Crippen molar-refractivity contribution in [2.24, 2.45) is 0 Å². The number of hydrogen-bond acceptors (Lipinski definition) is 4. The second-order valence-electron chi connectivity index (χ2n) is 2.91. The van der Waals surface area contributed by atoms with Crippen LogP contribution in [-0.4, -0.2) is 29.4 Å². The Morgan fingerprint density at radius 3 is 2.73 bits per heavy atom. The fraction of sp³-hybridized carbons (Fsp3) is 0.200. The molecule has 0 bridgehead atoms. The molecule has 0 aliphatic rings. The Morgan fingerprint density at radius 1 is 1.27 bits per heavy atom. The van der Waals surface area contributed by atoms with Gasteiger partial charge in [-0.05, 0) is 12.1 Å². The number of aromatic amines is 1. The normalized spacial score (nSPS) is 10.0. The van der Waals surface area contributed by atoms with E-state index in [0.717, 1.165) is 11.3 Å². The van der Waals surface area contributed by atoms with Gasteiger partial charge in [0.1, 0.15) is 0 Å². The zero-order chi connectivity index (χ0) is 10.7. The van der Waals surface area contributed by atoms with Crippen molar-refractivity contribution in [3.05, 3.63) is 24.5 Å². The van der Waals surface area contributed by atoms with E-state index in [1.807, 2.05) is 12.1 Å². The lowest BCUT2D eigenvalue weighted by molar-refractivity contribution is 0.343. The number of pyridine rings is 1. The van der Waals surface area contributed by atoms with Crippen LogP contribution in [0.1, 0.15) is 0 Å². The van der Waals surface area contributed by atoms with Crippen molar-refractivity contribution in [2.75, 3.05) is 14.2 Å². The molecule has 0 amide bonds. The van der Waals surface area contributed by atoms with Gasteiger partial charge in [0.15, 0.2) is 5.75 Å².